The smallest absolute Gasteiger partial charge is 0.221 e. The Morgan fingerprint density at radius 1 is 1.33 bits per heavy atom. The molecule has 0 radical (unpaired) electrons. The van der Waals surface area contributed by atoms with Gasteiger partial charge in [-0.15, -0.1) is 0 Å². The lowest BCUT2D eigenvalue weighted by atomic mass is 10.1. The van der Waals surface area contributed by atoms with Crippen LogP contribution in [0.3, 0.4) is 0 Å². The number of aromatic nitrogens is 2. The molecule has 0 saturated heterocycles. The van der Waals surface area contributed by atoms with Crippen molar-refractivity contribution < 1.29 is 4.39 Å². The molecule has 0 atom stereocenters. The summed E-state index contributed by atoms with van der Waals surface area (Å²) in [7, 11) is 0. The molecule has 0 amide bonds. The van der Waals surface area contributed by atoms with Crippen LogP contribution in [0, 0.1) is 0 Å². The predicted octanol–water partition coefficient (Wildman–Crippen LogP) is 3.87. The SMILES string of the molecule is CC1=C(F)C(c2cc(Cl)nc(N)n2)=C(Cl)C=CC1. The third-order valence-corrected chi connectivity index (χ3v) is 3.00. The highest BCUT2D eigenvalue weighted by molar-refractivity contribution is 6.35. The van der Waals surface area contributed by atoms with Crippen molar-refractivity contribution in [2.75, 3.05) is 5.73 Å². The number of nitrogen functional groups attached to an aromatic ring is 1. The van der Waals surface area contributed by atoms with Gasteiger partial charge in [0.25, 0.3) is 0 Å². The Balaban J connectivity index is 2.66. The molecular formula is C12H10Cl2FN3. The van der Waals surface area contributed by atoms with Crippen LogP contribution in [-0.4, -0.2) is 9.97 Å². The normalized spacial score (nSPS) is 16.2. The molecule has 6 heteroatoms. The van der Waals surface area contributed by atoms with E-state index in [0.29, 0.717) is 12.0 Å². The van der Waals surface area contributed by atoms with E-state index in [0.717, 1.165) is 0 Å². The van der Waals surface area contributed by atoms with Crippen LogP contribution in [0.4, 0.5) is 10.3 Å². The van der Waals surface area contributed by atoms with Crippen LogP contribution in [0.1, 0.15) is 19.0 Å². The molecule has 0 spiro atoms. The molecule has 0 unspecified atom stereocenters. The lowest BCUT2D eigenvalue weighted by Crippen LogP contribution is -2.00. The van der Waals surface area contributed by atoms with Gasteiger partial charge in [-0.1, -0.05) is 29.3 Å². The molecule has 3 nitrogen and oxygen atoms in total. The van der Waals surface area contributed by atoms with Crippen molar-refractivity contribution >= 4 is 34.7 Å². The molecule has 1 heterocycles. The topological polar surface area (TPSA) is 51.8 Å². The standard InChI is InChI=1S/C12H10Cl2FN3/c1-6-3-2-4-7(13)10(11(6)15)8-5-9(14)18-12(16)17-8/h2,4-5H,3H2,1H3,(H2,16,17,18). The Kier molecular flexibility index (Phi) is 3.68. The van der Waals surface area contributed by atoms with Crippen molar-refractivity contribution in [1.29, 1.82) is 0 Å². The zero-order valence-corrected chi connectivity index (χ0v) is 11.1. The molecule has 2 rings (SSSR count). The lowest BCUT2D eigenvalue weighted by Gasteiger charge is -2.08. The van der Waals surface area contributed by atoms with Gasteiger partial charge in [0.1, 0.15) is 11.0 Å². The minimum Gasteiger partial charge on any atom is -0.368 e. The van der Waals surface area contributed by atoms with Crippen LogP contribution in [0.25, 0.3) is 5.57 Å². The lowest BCUT2D eigenvalue weighted by molar-refractivity contribution is 0.657. The van der Waals surface area contributed by atoms with E-state index in [1.807, 2.05) is 0 Å². The van der Waals surface area contributed by atoms with E-state index in [1.54, 1.807) is 19.1 Å². The number of anilines is 1. The highest BCUT2D eigenvalue weighted by atomic mass is 35.5. The maximum atomic E-state index is 14.3. The van der Waals surface area contributed by atoms with E-state index >= 15 is 0 Å². The van der Waals surface area contributed by atoms with Crippen molar-refractivity contribution in [3.05, 3.63) is 45.5 Å². The Morgan fingerprint density at radius 2 is 2.06 bits per heavy atom. The second-order valence-electron chi connectivity index (χ2n) is 3.86. The van der Waals surface area contributed by atoms with Gasteiger partial charge >= 0.3 is 0 Å². The molecular weight excluding hydrogens is 276 g/mol. The number of nitrogens with zero attached hydrogens (tertiary/aromatic N) is 2. The summed E-state index contributed by atoms with van der Waals surface area (Å²) in [5.74, 6) is -0.424. The van der Waals surface area contributed by atoms with E-state index < -0.39 is 5.83 Å². The van der Waals surface area contributed by atoms with Crippen LogP contribution in [0.15, 0.2) is 34.7 Å². The molecule has 2 N–H and O–H groups in total. The van der Waals surface area contributed by atoms with E-state index in [2.05, 4.69) is 9.97 Å². The first kappa shape index (κ1) is 13.1. The zero-order chi connectivity index (χ0) is 13.3. The van der Waals surface area contributed by atoms with Crippen molar-refractivity contribution in [1.82, 2.24) is 9.97 Å². The molecule has 0 aliphatic heterocycles. The van der Waals surface area contributed by atoms with Gasteiger partial charge in [-0.2, -0.15) is 0 Å². The van der Waals surface area contributed by atoms with Crippen molar-refractivity contribution in [2.45, 2.75) is 13.3 Å². The van der Waals surface area contributed by atoms with Crippen LogP contribution in [0.5, 0.6) is 0 Å². The van der Waals surface area contributed by atoms with Gasteiger partial charge in [0.15, 0.2) is 0 Å². The van der Waals surface area contributed by atoms with Gasteiger partial charge < -0.3 is 5.73 Å². The predicted molar refractivity (Wildman–Crippen MR) is 71.8 cm³/mol. The summed E-state index contributed by atoms with van der Waals surface area (Å²) < 4.78 is 14.3. The fourth-order valence-electron chi connectivity index (χ4n) is 1.63. The first-order valence-electron chi connectivity index (χ1n) is 5.21. The third kappa shape index (κ3) is 2.54. The van der Waals surface area contributed by atoms with Crippen LogP contribution in [-0.2, 0) is 0 Å². The second kappa shape index (κ2) is 5.08. The summed E-state index contributed by atoms with van der Waals surface area (Å²) in [6.45, 7) is 1.70. The van der Waals surface area contributed by atoms with Crippen LogP contribution < -0.4 is 5.73 Å². The summed E-state index contributed by atoms with van der Waals surface area (Å²) >= 11 is 11.8. The highest BCUT2D eigenvalue weighted by Crippen LogP contribution is 2.35. The van der Waals surface area contributed by atoms with Gasteiger partial charge in [0.05, 0.1) is 16.3 Å². The zero-order valence-electron chi connectivity index (χ0n) is 9.54. The van der Waals surface area contributed by atoms with Crippen molar-refractivity contribution in [2.24, 2.45) is 0 Å². The molecule has 0 saturated carbocycles. The highest BCUT2D eigenvalue weighted by Gasteiger charge is 2.19. The van der Waals surface area contributed by atoms with Gasteiger partial charge in [-0.3, -0.25) is 0 Å². The van der Waals surface area contributed by atoms with Crippen LogP contribution in [0.2, 0.25) is 5.15 Å². The molecule has 1 aromatic heterocycles. The summed E-state index contributed by atoms with van der Waals surface area (Å²) in [6, 6.07) is 1.43. The maximum Gasteiger partial charge on any atom is 0.221 e. The van der Waals surface area contributed by atoms with Crippen LogP contribution >= 0.6 is 23.2 Å². The van der Waals surface area contributed by atoms with E-state index in [4.69, 9.17) is 28.9 Å². The Morgan fingerprint density at radius 3 is 2.72 bits per heavy atom. The fourth-order valence-corrected chi connectivity index (χ4v) is 2.09. The maximum absolute atomic E-state index is 14.3. The number of rotatable bonds is 1. The molecule has 1 aromatic rings. The van der Waals surface area contributed by atoms with Gasteiger partial charge in [-0.05, 0) is 25.0 Å². The first-order chi connectivity index (χ1) is 8.49. The third-order valence-electron chi connectivity index (χ3n) is 2.49. The van der Waals surface area contributed by atoms with E-state index in [9.17, 15) is 4.39 Å². The molecule has 18 heavy (non-hydrogen) atoms. The average Bonchev–Trinajstić information content (AvgIpc) is 2.38. The number of hydrogen-bond donors (Lipinski definition) is 1. The average molecular weight is 286 g/mol. The monoisotopic (exact) mass is 285 g/mol. The summed E-state index contributed by atoms with van der Waals surface area (Å²) in [4.78, 5) is 7.70. The summed E-state index contributed by atoms with van der Waals surface area (Å²) in [5, 5.41) is 0.409. The van der Waals surface area contributed by atoms with Gasteiger partial charge in [0.2, 0.25) is 5.95 Å². The number of allylic oxidation sites excluding steroid dienone is 6. The van der Waals surface area contributed by atoms with Gasteiger partial charge in [-0.25, -0.2) is 14.4 Å². The quantitative estimate of drug-likeness (QED) is 0.797. The first-order valence-corrected chi connectivity index (χ1v) is 5.97. The molecule has 94 valence electrons. The van der Waals surface area contributed by atoms with Crippen molar-refractivity contribution in [3.63, 3.8) is 0 Å². The minimum absolute atomic E-state index is 0.0202. The van der Waals surface area contributed by atoms with Gasteiger partial charge in [0, 0.05) is 6.07 Å². The van der Waals surface area contributed by atoms with E-state index in [-0.39, 0.29) is 27.4 Å². The molecule has 0 fully saturated rings. The largest absolute Gasteiger partial charge is 0.368 e. The second-order valence-corrected chi connectivity index (χ2v) is 4.65. The number of hydrogen-bond acceptors (Lipinski definition) is 3. The Bertz CT molecular complexity index is 571. The molecule has 0 bridgehead atoms. The fraction of sp³-hybridized carbons (Fsp3) is 0.167. The Hall–Kier alpha value is -1.39. The Labute approximate surface area is 114 Å². The number of nitrogens with two attached hydrogens (primary N) is 1. The molecule has 0 aromatic carbocycles. The molecule has 1 aliphatic rings. The number of halogens is 3. The summed E-state index contributed by atoms with van der Waals surface area (Å²) in [6.07, 6.45) is 3.93. The minimum atomic E-state index is -0.404. The molecule has 1 aliphatic carbocycles. The van der Waals surface area contributed by atoms with Crippen molar-refractivity contribution in [3.8, 4) is 0 Å². The van der Waals surface area contributed by atoms with E-state index in [1.165, 1.54) is 6.07 Å². The summed E-state index contributed by atoms with van der Waals surface area (Å²) in [5.41, 5.74) is 6.55.